The van der Waals surface area contributed by atoms with Crippen LogP contribution in [0.3, 0.4) is 0 Å². The van der Waals surface area contributed by atoms with Crippen molar-refractivity contribution < 1.29 is 18.4 Å². The van der Waals surface area contributed by atoms with Crippen molar-refractivity contribution in [1.29, 1.82) is 0 Å². The zero-order valence-electron chi connectivity index (χ0n) is 17.7. The minimum absolute atomic E-state index is 0.143. The monoisotopic (exact) mass is 436 g/mol. The van der Waals surface area contributed by atoms with Gasteiger partial charge < -0.3 is 10.6 Å². The zero-order valence-corrected chi connectivity index (χ0v) is 17.7. The van der Waals surface area contributed by atoms with E-state index in [4.69, 9.17) is 0 Å². The van der Waals surface area contributed by atoms with Gasteiger partial charge in [-0.05, 0) is 53.8 Å². The van der Waals surface area contributed by atoms with Crippen LogP contribution in [0.4, 0.5) is 8.78 Å². The minimum atomic E-state index is -0.369. The van der Waals surface area contributed by atoms with E-state index in [0.717, 1.165) is 16.7 Å². The lowest BCUT2D eigenvalue weighted by Gasteiger charge is -2.20. The summed E-state index contributed by atoms with van der Waals surface area (Å²) in [7, 11) is 0. The van der Waals surface area contributed by atoms with E-state index in [-0.39, 0.29) is 48.9 Å². The molecule has 0 unspecified atom stereocenters. The van der Waals surface area contributed by atoms with Gasteiger partial charge in [0.1, 0.15) is 11.6 Å². The summed E-state index contributed by atoms with van der Waals surface area (Å²) in [5, 5.41) is 5.86. The normalized spacial score (nSPS) is 11.6. The molecule has 166 valence electrons. The fraction of sp³-hybridized carbons (Fsp3) is 0.231. The third-order valence-electron chi connectivity index (χ3n) is 5.15. The smallest absolute Gasteiger partial charge is 0.220 e. The molecule has 6 heteroatoms. The number of rotatable bonds is 10. The molecular formula is C26H26F2N2O2. The van der Waals surface area contributed by atoms with E-state index in [1.165, 1.54) is 24.3 Å². The minimum Gasteiger partial charge on any atom is -0.354 e. The lowest BCUT2D eigenvalue weighted by atomic mass is 10.1. The molecule has 0 aliphatic carbocycles. The number of halogens is 2. The number of aryl methyl sites for hydroxylation is 2. The van der Waals surface area contributed by atoms with E-state index in [0.29, 0.717) is 12.8 Å². The molecule has 0 aliphatic heterocycles. The number of nitrogens with one attached hydrogen (secondary N) is 2. The Morgan fingerprint density at radius 1 is 0.688 bits per heavy atom. The lowest BCUT2D eigenvalue weighted by Crippen LogP contribution is -2.38. The molecule has 0 fully saturated rings. The number of hydrogen-bond acceptors (Lipinski definition) is 2. The quantitative estimate of drug-likeness (QED) is 0.492. The molecule has 0 saturated heterocycles. The summed E-state index contributed by atoms with van der Waals surface area (Å²) in [4.78, 5) is 24.8. The molecule has 0 radical (unpaired) electrons. The summed E-state index contributed by atoms with van der Waals surface area (Å²) in [6, 6.07) is 21.2. The van der Waals surface area contributed by atoms with Crippen LogP contribution < -0.4 is 10.6 Å². The number of benzene rings is 3. The van der Waals surface area contributed by atoms with Crippen LogP contribution in [0.1, 0.15) is 35.6 Å². The molecule has 32 heavy (non-hydrogen) atoms. The Labute approximate surface area is 186 Å². The maximum atomic E-state index is 13.0. The maximum absolute atomic E-state index is 13.0. The van der Waals surface area contributed by atoms with Gasteiger partial charge in [-0.25, -0.2) is 8.78 Å². The standard InChI is InChI=1S/C26H26F2N2O2/c27-22-12-6-19(7-13-22)10-16-25(31)29-18-24(21-4-2-1-3-5-21)30-26(32)17-11-20-8-14-23(28)15-9-20/h1-9,12-15,24H,10-11,16-18H2,(H,29,31)(H,30,32)/t24-/m0/s1. The van der Waals surface area contributed by atoms with E-state index in [2.05, 4.69) is 10.6 Å². The van der Waals surface area contributed by atoms with Gasteiger partial charge in [-0.2, -0.15) is 0 Å². The highest BCUT2D eigenvalue weighted by Gasteiger charge is 2.16. The third-order valence-corrected chi connectivity index (χ3v) is 5.15. The molecule has 3 rings (SSSR count). The first-order valence-corrected chi connectivity index (χ1v) is 10.6. The Morgan fingerprint density at radius 3 is 1.72 bits per heavy atom. The number of amides is 2. The van der Waals surface area contributed by atoms with Gasteiger partial charge >= 0.3 is 0 Å². The van der Waals surface area contributed by atoms with E-state index in [1.54, 1.807) is 24.3 Å². The van der Waals surface area contributed by atoms with Gasteiger partial charge in [-0.1, -0.05) is 54.6 Å². The molecule has 2 amide bonds. The van der Waals surface area contributed by atoms with Crippen LogP contribution in [0.15, 0.2) is 78.9 Å². The Morgan fingerprint density at radius 2 is 1.19 bits per heavy atom. The second-order valence-corrected chi connectivity index (χ2v) is 7.59. The summed E-state index contributed by atoms with van der Waals surface area (Å²) in [5.74, 6) is -0.906. The van der Waals surface area contributed by atoms with Crippen LogP contribution in [0.5, 0.6) is 0 Å². The Bertz CT molecular complexity index is 1010. The fourth-order valence-electron chi connectivity index (χ4n) is 3.33. The van der Waals surface area contributed by atoms with Crippen LogP contribution in [0.25, 0.3) is 0 Å². The SMILES string of the molecule is O=C(CCc1ccc(F)cc1)NC[C@H](NC(=O)CCc1ccc(F)cc1)c1ccccc1. The van der Waals surface area contributed by atoms with Gasteiger partial charge in [-0.15, -0.1) is 0 Å². The number of carbonyl (C=O) groups excluding carboxylic acids is 2. The molecule has 0 spiro atoms. The number of carbonyl (C=O) groups is 2. The molecule has 0 heterocycles. The molecule has 2 N–H and O–H groups in total. The van der Waals surface area contributed by atoms with Crippen LogP contribution in [-0.2, 0) is 22.4 Å². The van der Waals surface area contributed by atoms with Gasteiger partial charge in [-0.3, -0.25) is 9.59 Å². The molecule has 4 nitrogen and oxygen atoms in total. The number of hydrogen-bond donors (Lipinski definition) is 2. The van der Waals surface area contributed by atoms with Crippen molar-refractivity contribution >= 4 is 11.8 Å². The zero-order chi connectivity index (χ0) is 22.8. The Hall–Kier alpha value is -3.54. The van der Waals surface area contributed by atoms with Crippen molar-refractivity contribution in [2.45, 2.75) is 31.7 Å². The second-order valence-electron chi connectivity index (χ2n) is 7.59. The summed E-state index contributed by atoms with van der Waals surface area (Å²) in [6.07, 6.45) is 1.53. The molecule has 0 aliphatic rings. The molecular weight excluding hydrogens is 410 g/mol. The van der Waals surface area contributed by atoms with Gasteiger partial charge in [0.15, 0.2) is 0 Å². The van der Waals surface area contributed by atoms with Gasteiger partial charge in [0.05, 0.1) is 6.04 Å². The van der Waals surface area contributed by atoms with Crippen molar-refractivity contribution in [1.82, 2.24) is 10.6 Å². The third kappa shape index (κ3) is 7.61. The topological polar surface area (TPSA) is 58.2 Å². The fourth-order valence-corrected chi connectivity index (χ4v) is 3.33. The molecule has 1 atom stereocenters. The lowest BCUT2D eigenvalue weighted by molar-refractivity contribution is -0.123. The molecule has 0 bridgehead atoms. The Balaban J connectivity index is 1.52. The summed E-state index contributed by atoms with van der Waals surface area (Å²) >= 11 is 0. The van der Waals surface area contributed by atoms with Crippen LogP contribution in [-0.4, -0.2) is 18.4 Å². The van der Waals surface area contributed by atoms with Crippen LogP contribution >= 0.6 is 0 Å². The van der Waals surface area contributed by atoms with E-state index in [9.17, 15) is 18.4 Å². The summed E-state index contributed by atoms with van der Waals surface area (Å²) in [6.45, 7) is 0.258. The Kier molecular flexibility index (Phi) is 8.49. The average Bonchev–Trinajstić information content (AvgIpc) is 2.81. The van der Waals surface area contributed by atoms with Crippen LogP contribution in [0, 0.1) is 11.6 Å². The highest BCUT2D eigenvalue weighted by atomic mass is 19.1. The predicted molar refractivity (Wildman–Crippen MR) is 120 cm³/mol. The van der Waals surface area contributed by atoms with Gasteiger partial charge in [0.25, 0.3) is 0 Å². The highest BCUT2D eigenvalue weighted by Crippen LogP contribution is 2.13. The van der Waals surface area contributed by atoms with E-state index >= 15 is 0 Å². The largest absolute Gasteiger partial charge is 0.354 e. The van der Waals surface area contributed by atoms with Gasteiger partial charge in [0.2, 0.25) is 11.8 Å². The summed E-state index contributed by atoms with van der Waals surface area (Å²) in [5.41, 5.74) is 2.66. The van der Waals surface area contributed by atoms with Crippen molar-refractivity contribution in [2.24, 2.45) is 0 Å². The molecule has 3 aromatic rings. The molecule has 0 saturated carbocycles. The van der Waals surface area contributed by atoms with E-state index in [1.807, 2.05) is 30.3 Å². The van der Waals surface area contributed by atoms with Crippen molar-refractivity contribution in [3.63, 3.8) is 0 Å². The first-order valence-electron chi connectivity index (χ1n) is 10.6. The average molecular weight is 437 g/mol. The molecule has 3 aromatic carbocycles. The highest BCUT2D eigenvalue weighted by molar-refractivity contribution is 5.78. The van der Waals surface area contributed by atoms with Crippen molar-refractivity contribution in [3.05, 3.63) is 107 Å². The van der Waals surface area contributed by atoms with Crippen molar-refractivity contribution in [2.75, 3.05) is 6.54 Å². The first-order chi connectivity index (χ1) is 15.5. The van der Waals surface area contributed by atoms with Crippen LogP contribution in [0.2, 0.25) is 0 Å². The second kappa shape index (κ2) is 11.7. The summed E-state index contributed by atoms with van der Waals surface area (Å²) < 4.78 is 26.0. The van der Waals surface area contributed by atoms with Crippen molar-refractivity contribution in [3.8, 4) is 0 Å². The predicted octanol–water partition coefficient (Wildman–Crippen LogP) is 4.50. The van der Waals surface area contributed by atoms with E-state index < -0.39 is 0 Å². The van der Waals surface area contributed by atoms with Gasteiger partial charge in [0, 0.05) is 19.4 Å². The first kappa shape index (κ1) is 23.1. The maximum Gasteiger partial charge on any atom is 0.220 e. The molecule has 0 aromatic heterocycles.